The molecule has 0 spiro atoms. The van der Waals surface area contributed by atoms with Crippen LogP contribution in [0.5, 0.6) is 0 Å². The Hall–Kier alpha value is -2.75. The lowest BCUT2D eigenvalue weighted by molar-refractivity contribution is -0.115. The Bertz CT molecular complexity index is 960. The Kier molecular flexibility index (Phi) is 3.82. The minimum absolute atomic E-state index is 0.0127. The number of rotatable bonds is 5. The van der Waals surface area contributed by atoms with Gasteiger partial charge in [-0.1, -0.05) is 11.2 Å². The first-order valence-corrected chi connectivity index (χ1v) is 8.28. The van der Waals surface area contributed by atoms with Gasteiger partial charge in [-0.3, -0.25) is 4.79 Å². The molecule has 2 aromatic heterocycles. The van der Waals surface area contributed by atoms with Gasteiger partial charge in [-0.25, -0.2) is 13.0 Å². The zero-order valence-corrected chi connectivity index (χ0v) is 12.8. The molecule has 0 bridgehead atoms. The minimum atomic E-state index is -3.71. The molecular weight excluding hydrogens is 324 g/mol. The average Bonchev–Trinajstić information content (AvgIpc) is 3.13. The second-order valence-corrected chi connectivity index (χ2v) is 6.91. The quantitative estimate of drug-likeness (QED) is 0.738. The van der Waals surface area contributed by atoms with E-state index >= 15 is 0 Å². The number of aryl methyl sites for hydroxylation is 1. The van der Waals surface area contributed by atoms with Crippen LogP contribution in [0.25, 0.3) is 11.0 Å². The van der Waals surface area contributed by atoms with Crippen molar-refractivity contribution >= 4 is 32.6 Å². The maximum absolute atomic E-state index is 12.4. The van der Waals surface area contributed by atoms with Crippen molar-refractivity contribution in [2.45, 2.75) is 18.2 Å². The van der Waals surface area contributed by atoms with Crippen LogP contribution in [0.4, 0.5) is 5.82 Å². The third kappa shape index (κ3) is 3.21. The zero-order valence-electron chi connectivity index (χ0n) is 12.0. The van der Waals surface area contributed by atoms with E-state index in [2.05, 4.69) is 25.4 Å². The molecule has 1 amide bonds. The summed E-state index contributed by atoms with van der Waals surface area (Å²) in [5.41, 5.74) is 0.494. The number of amides is 1. The first-order valence-electron chi connectivity index (χ1n) is 6.63. The van der Waals surface area contributed by atoms with Gasteiger partial charge >= 0.3 is 0 Å². The third-order valence-corrected chi connectivity index (χ3v) is 4.82. The monoisotopic (exact) mass is 336 g/mol. The van der Waals surface area contributed by atoms with Gasteiger partial charge in [0.15, 0.2) is 21.2 Å². The van der Waals surface area contributed by atoms with Gasteiger partial charge in [-0.2, -0.15) is 0 Å². The fourth-order valence-corrected chi connectivity index (χ4v) is 3.40. The first-order chi connectivity index (χ1) is 11.0. The number of carbonyl (C=O) groups is 1. The van der Waals surface area contributed by atoms with Gasteiger partial charge in [0.2, 0.25) is 5.91 Å². The van der Waals surface area contributed by atoms with Crippen molar-refractivity contribution in [3.05, 3.63) is 30.0 Å². The normalized spacial score (nSPS) is 11.7. The Labute approximate surface area is 130 Å². The van der Waals surface area contributed by atoms with Crippen LogP contribution in [0, 0.1) is 6.92 Å². The lowest BCUT2D eigenvalue weighted by Gasteiger charge is -2.04. The summed E-state index contributed by atoms with van der Waals surface area (Å²) in [6.45, 7) is 1.68. The number of nitrogens with zero attached hydrogens (tertiary/aromatic N) is 3. The first kappa shape index (κ1) is 15.2. The maximum atomic E-state index is 12.4. The molecule has 3 aromatic rings. The van der Waals surface area contributed by atoms with Crippen molar-refractivity contribution in [3.63, 3.8) is 0 Å². The van der Waals surface area contributed by atoms with Crippen LogP contribution in [0.3, 0.4) is 0 Å². The molecule has 120 valence electrons. The van der Waals surface area contributed by atoms with Gasteiger partial charge in [0.25, 0.3) is 0 Å². The van der Waals surface area contributed by atoms with E-state index in [-0.39, 0.29) is 28.4 Å². The summed E-state index contributed by atoms with van der Waals surface area (Å²) >= 11 is 0. The highest BCUT2D eigenvalue weighted by Crippen LogP contribution is 2.21. The van der Waals surface area contributed by atoms with E-state index in [9.17, 15) is 13.2 Å². The van der Waals surface area contributed by atoms with E-state index in [4.69, 9.17) is 4.52 Å². The number of carbonyl (C=O) groups excluding carboxylic acids is 1. The maximum Gasteiger partial charge on any atom is 0.226 e. The minimum Gasteiger partial charge on any atom is -0.360 e. The molecular formula is C13H12N4O5S. The molecule has 3 rings (SSSR count). The Balaban J connectivity index is 1.71. The summed E-state index contributed by atoms with van der Waals surface area (Å²) in [7, 11) is -3.71. The highest BCUT2D eigenvalue weighted by atomic mass is 32.2. The Morgan fingerprint density at radius 2 is 2.09 bits per heavy atom. The van der Waals surface area contributed by atoms with E-state index in [0.717, 1.165) is 0 Å². The van der Waals surface area contributed by atoms with Crippen molar-refractivity contribution in [2.75, 3.05) is 11.1 Å². The fraction of sp³-hybridized carbons (Fsp3) is 0.231. The number of anilines is 1. The summed E-state index contributed by atoms with van der Waals surface area (Å²) in [6.07, 6.45) is -0.226. The lowest BCUT2D eigenvalue weighted by Crippen LogP contribution is -2.17. The molecule has 10 heteroatoms. The summed E-state index contributed by atoms with van der Waals surface area (Å²) in [5.74, 6) is -0.0695. The second-order valence-electron chi connectivity index (χ2n) is 4.83. The lowest BCUT2D eigenvalue weighted by atomic mass is 10.3. The van der Waals surface area contributed by atoms with Gasteiger partial charge in [0, 0.05) is 12.5 Å². The average molecular weight is 336 g/mol. The summed E-state index contributed by atoms with van der Waals surface area (Å²) in [4.78, 5) is 11.8. The van der Waals surface area contributed by atoms with Crippen LogP contribution in [0.15, 0.2) is 38.3 Å². The molecule has 0 saturated carbocycles. The number of hydrogen-bond donors (Lipinski definition) is 1. The molecule has 2 heterocycles. The van der Waals surface area contributed by atoms with Crippen molar-refractivity contribution in [1.82, 2.24) is 15.5 Å². The van der Waals surface area contributed by atoms with E-state index in [1.807, 2.05) is 0 Å². The van der Waals surface area contributed by atoms with Gasteiger partial charge in [-0.15, -0.1) is 0 Å². The highest BCUT2D eigenvalue weighted by molar-refractivity contribution is 7.91. The van der Waals surface area contributed by atoms with E-state index in [0.29, 0.717) is 11.3 Å². The molecule has 0 aliphatic heterocycles. The van der Waals surface area contributed by atoms with Gasteiger partial charge in [-0.05, 0) is 29.4 Å². The summed E-state index contributed by atoms with van der Waals surface area (Å²) in [5, 5.41) is 13.3. The summed E-state index contributed by atoms with van der Waals surface area (Å²) < 4.78 is 34.1. The SMILES string of the molecule is Cc1cc(NC(=O)CCS(=O)(=O)c2cccc3nonc23)no1. The topological polar surface area (TPSA) is 128 Å². The van der Waals surface area contributed by atoms with E-state index < -0.39 is 15.7 Å². The molecule has 0 atom stereocenters. The van der Waals surface area contributed by atoms with Crippen LogP contribution < -0.4 is 5.32 Å². The van der Waals surface area contributed by atoms with Gasteiger partial charge < -0.3 is 9.84 Å². The zero-order chi connectivity index (χ0) is 16.4. The standard InChI is InChI=1S/C13H12N4O5S/c1-8-7-11(16-21-8)14-12(18)5-6-23(19,20)10-4-2-3-9-13(10)17-22-15-9/h2-4,7H,5-6H2,1H3,(H,14,16,18). The molecule has 0 radical (unpaired) electrons. The number of fused-ring (bicyclic) bond motifs is 1. The number of nitrogens with one attached hydrogen (secondary N) is 1. The number of sulfone groups is 1. The second kappa shape index (κ2) is 5.80. The van der Waals surface area contributed by atoms with Crippen LogP contribution in [0.1, 0.15) is 12.2 Å². The van der Waals surface area contributed by atoms with Crippen molar-refractivity contribution < 1.29 is 22.4 Å². The molecule has 9 nitrogen and oxygen atoms in total. The summed E-state index contributed by atoms with van der Waals surface area (Å²) in [6, 6.07) is 6.07. The van der Waals surface area contributed by atoms with Crippen molar-refractivity contribution in [3.8, 4) is 0 Å². The fourth-order valence-electron chi connectivity index (χ4n) is 2.00. The molecule has 0 fully saturated rings. The van der Waals surface area contributed by atoms with E-state index in [1.165, 1.54) is 18.2 Å². The molecule has 0 unspecified atom stereocenters. The number of benzene rings is 1. The molecule has 23 heavy (non-hydrogen) atoms. The predicted octanol–water partition coefficient (Wildman–Crippen LogP) is 1.32. The molecule has 1 N–H and O–H groups in total. The largest absolute Gasteiger partial charge is 0.360 e. The number of hydrogen-bond acceptors (Lipinski definition) is 8. The van der Waals surface area contributed by atoms with Crippen molar-refractivity contribution in [2.24, 2.45) is 0 Å². The molecule has 1 aromatic carbocycles. The van der Waals surface area contributed by atoms with Crippen LogP contribution >= 0.6 is 0 Å². The smallest absolute Gasteiger partial charge is 0.226 e. The molecule has 0 saturated heterocycles. The van der Waals surface area contributed by atoms with Crippen LogP contribution in [-0.4, -0.2) is 35.5 Å². The molecule has 0 aliphatic rings. The van der Waals surface area contributed by atoms with Gasteiger partial charge in [0.05, 0.1) is 10.6 Å². The highest BCUT2D eigenvalue weighted by Gasteiger charge is 2.21. The Morgan fingerprint density at radius 3 is 2.83 bits per heavy atom. The van der Waals surface area contributed by atoms with Gasteiger partial charge in [0.1, 0.15) is 11.3 Å². The van der Waals surface area contributed by atoms with Crippen LogP contribution in [0.2, 0.25) is 0 Å². The Morgan fingerprint density at radius 1 is 1.26 bits per heavy atom. The molecule has 0 aliphatic carbocycles. The third-order valence-electron chi connectivity index (χ3n) is 3.08. The van der Waals surface area contributed by atoms with Crippen molar-refractivity contribution in [1.29, 1.82) is 0 Å². The predicted molar refractivity (Wildman–Crippen MR) is 78.3 cm³/mol. The van der Waals surface area contributed by atoms with Crippen LogP contribution in [-0.2, 0) is 14.6 Å². The number of aromatic nitrogens is 3. The van der Waals surface area contributed by atoms with E-state index in [1.54, 1.807) is 13.0 Å².